The molecule has 2 N–H and O–H groups in total. The van der Waals surface area contributed by atoms with Crippen LogP contribution in [0.25, 0.3) is 0 Å². The Labute approximate surface area is 100 Å². The zero-order valence-corrected chi connectivity index (χ0v) is 10.1. The summed E-state index contributed by atoms with van der Waals surface area (Å²) in [5.74, 6) is -1.12. The summed E-state index contributed by atoms with van der Waals surface area (Å²) in [5, 5.41) is 18.6. The topological polar surface area (TPSA) is 77.8 Å². The van der Waals surface area contributed by atoms with Crippen molar-refractivity contribution in [3.8, 4) is 0 Å². The second-order valence-corrected chi connectivity index (χ2v) is 5.47. The van der Waals surface area contributed by atoms with Gasteiger partial charge in [-0.3, -0.25) is 4.79 Å². The van der Waals surface area contributed by atoms with E-state index in [4.69, 9.17) is 5.11 Å². The van der Waals surface area contributed by atoms with Crippen molar-refractivity contribution in [2.75, 3.05) is 6.54 Å². The first-order valence-electron chi connectivity index (χ1n) is 6.16. The lowest BCUT2D eigenvalue weighted by molar-refractivity contribution is -0.152. The van der Waals surface area contributed by atoms with Crippen LogP contribution in [0.3, 0.4) is 0 Å². The summed E-state index contributed by atoms with van der Waals surface area (Å²) in [4.78, 5) is 24.8. The van der Waals surface area contributed by atoms with E-state index in [1.165, 1.54) is 4.90 Å². The van der Waals surface area contributed by atoms with Crippen LogP contribution in [-0.4, -0.2) is 45.7 Å². The maximum absolute atomic E-state index is 12.4. The van der Waals surface area contributed by atoms with Gasteiger partial charge < -0.3 is 15.1 Å². The van der Waals surface area contributed by atoms with Crippen LogP contribution in [0.2, 0.25) is 0 Å². The second kappa shape index (κ2) is 4.29. The summed E-state index contributed by atoms with van der Waals surface area (Å²) in [6.45, 7) is 2.07. The summed E-state index contributed by atoms with van der Waals surface area (Å²) in [7, 11) is 0. The van der Waals surface area contributed by atoms with E-state index in [0.29, 0.717) is 0 Å². The monoisotopic (exact) mass is 241 g/mol. The molecule has 2 rings (SSSR count). The summed E-state index contributed by atoms with van der Waals surface area (Å²) >= 11 is 0. The van der Waals surface area contributed by atoms with Gasteiger partial charge in [-0.2, -0.15) is 0 Å². The molecule has 0 spiro atoms. The van der Waals surface area contributed by atoms with Crippen molar-refractivity contribution in [1.82, 2.24) is 4.90 Å². The number of hydrogen-bond donors (Lipinski definition) is 2. The summed E-state index contributed by atoms with van der Waals surface area (Å²) in [6.07, 6.45) is 3.14. The van der Waals surface area contributed by atoms with E-state index < -0.39 is 23.5 Å². The Bertz CT molecular complexity index is 335. The fraction of sp³-hybridized carbons (Fsp3) is 0.833. The summed E-state index contributed by atoms with van der Waals surface area (Å²) in [6, 6.07) is -0.852. The van der Waals surface area contributed by atoms with E-state index in [1.807, 2.05) is 6.92 Å². The molecule has 0 bridgehead atoms. The molecule has 17 heavy (non-hydrogen) atoms. The molecule has 0 aromatic rings. The minimum absolute atomic E-state index is 0.0982. The van der Waals surface area contributed by atoms with Crippen LogP contribution in [0.1, 0.15) is 39.0 Å². The highest BCUT2D eigenvalue weighted by atomic mass is 16.4. The standard InChI is InChI=1S/C12H19NO4/c1-12(4-2-3-5-12)11(17)13-7-8(14)6-9(13)10(15)16/h8-9,14H,2-7H2,1H3,(H,15,16)/t8-,9+/m1/s1. The van der Waals surface area contributed by atoms with Gasteiger partial charge in [-0.15, -0.1) is 0 Å². The molecule has 1 heterocycles. The number of likely N-dealkylation sites (tertiary alicyclic amines) is 1. The lowest BCUT2D eigenvalue weighted by Gasteiger charge is -2.31. The maximum atomic E-state index is 12.4. The smallest absolute Gasteiger partial charge is 0.326 e. The van der Waals surface area contributed by atoms with Gasteiger partial charge in [0.15, 0.2) is 0 Å². The molecular weight excluding hydrogens is 222 g/mol. The van der Waals surface area contributed by atoms with Gasteiger partial charge in [0.1, 0.15) is 6.04 Å². The van der Waals surface area contributed by atoms with Crippen molar-refractivity contribution in [3.05, 3.63) is 0 Å². The fourth-order valence-electron chi connectivity index (χ4n) is 2.99. The highest BCUT2D eigenvalue weighted by Gasteiger charge is 2.46. The molecule has 2 aliphatic rings. The first-order chi connectivity index (χ1) is 7.94. The van der Waals surface area contributed by atoms with Crippen LogP contribution in [0, 0.1) is 5.41 Å². The predicted octanol–water partition coefficient (Wildman–Crippen LogP) is 0.613. The number of carboxylic acids is 1. The third-order valence-corrected chi connectivity index (χ3v) is 4.05. The molecule has 1 saturated heterocycles. The van der Waals surface area contributed by atoms with Gasteiger partial charge in [-0.05, 0) is 12.8 Å². The number of rotatable bonds is 2. The minimum Gasteiger partial charge on any atom is -0.480 e. The minimum atomic E-state index is -1.02. The Morgan fingerprint density at radius 1 is 1.29 bits per heavy atom. The van der Waals surface area contributed by atoms with Crippen molar-refractivity contribution in [3.63, 3.8) is 0 Å². The van der Waals surface area contributed by atoms with Crippen molar-refractivity contribution in [1.29, 1.82) is 0 Å². The SMILES string of the molecule is CC1(C(=O)N2C[C@H](O)C[C@H]2C(=O)O)CCCC1. The largest absolute Gasteiger partial charge is 0.480 e. The number of aliphatic carboxylic acids is 1. The van der Waals surface area contributed by atoms with Crippen LogP contribution in [-0.2, 0) is 9.59 Å². The van der Waals surface area contributed by atoms with E-state index in [2.05, 4.69) is 0 Å². The van der Waals surface area contributed by atoms with Crippen LogP contribution in [0.15, 0.2) is 0 Å². The molecule has 0 unspecified atom stereocenters. The number of β-amino-alcohol motifs (C(OH)–C–C–N with tert-alkyl or cyclic N) is 1. The summed E-state index contributed by atoms with van der Waals surface area (Å²) in [5.41, 5.74) is -0.419. The number of carboxylic acid groups (broad SMARTS) is 1. The van der Waals surface area contributed by atoms with Crippen molar-refractivity contribution < 1.29 is 19.8 Å². The number of aliphatic hydroxyl groups excluding tert-OH is 1. The average Bonchev–Trinajstić information content (AvgIpc) is 2.84. The Balaban J connectivity index is 2.15. The van der Waals surface area contributed by atoms with Gasteiger partial charge in [0.25, 0.3) is 0 Å². The molecule has 1 saturated carbocycles. The summed E-state index contributed by atoms with van der Waals surface area (Å²) < 4.78 is 0. The molecule has 5 nitrogen and oxygen atoms in total. The van der Waals surface area contributed by atoms with Crippen LogP contribution < -0.4 is 0 Å². The van der Waals surface area contributed by atoms with E-state index >= 15 is 0 Å². The van der Waals surface area contributed by atoms with Crippen LogP contribution >= 0.6 is 0 Å². The first kappa shape index (κ1) is 12.4. The molecule has 2 atom stereocenters. The van der Waals surface area contributed by atoms with E-state index in [-0.39, 0.29) is 18.9 Å². The van der Waals surface area contributed by atoms with Gasteiger partial charge in [-0.25, -0.2) is 4.79 Å². The fourth-order valence-corrected chi connectivity index (χ4v) is 2.99. The van der Waals surface area contributed by atoms with Gasteiger partial charge in [0.05, 0.1) is 6.10 Å². The zero-order chi connectivity index (χ0) is 12.6. The maximum Gasteiger partial charge on any atom is 0.326 e. The van der Waals surface area contributed by atoms with Gasteiger partial charge in [0.2, 0.25) is 5.91 Å². The number of nitrogens with zero attached hydrogens (tertiary/aromatic N) is 1. The molecule has 0 aromatic heterocycles. The third kappa shape index (κ3) is 2.16. The lowest BCUT2D eigenvalue weighted by Crippen LogP contribution is -2.46. The average molecular weight is 241 g/mol. The number of carbonyl (C=O) groups is 2. The highest BCUT2D eigenvalue weighted by Crippen LogP contribution is 2.40. The van der Waals surface area contributed by atoms with E-state index in [1.54, 1.807) is 0 Å². The molecule has 0 radical (unpaired) electrons. The molecular formula is C12H19NO4. The van der Waals surface area contributed by atoms with Crippen LogP contribution in [0.4, 0.5) is 0 Å². The molecule has 1 aliphatic heterocycles. The van der Waals surface area contributed by atoms with Gasteiger partial charge in [0, 0.05) is 18.4 Å². The second-order valence-electron chi connectivity index (χ2n) is 5.47. The molecule has 2 fully saturated rings. The Morgan fingerprint density at radius 3 is 2.41 bits per heavy atom. The first-order valence-corrected chi connectivity index (χ1v) is 6.16. The number of amides is 1. The Hall–Kier alpha value is -1.10. The Kier molecular flexibility index (Phi) is 3.12. The molecule has 96 valence electrons. The van der Waals surface area contributed by atoms with Crippen molar-refractivity contribution in [2.24, 2.45) is 5.41 Å². The van der Waals surface area contributed by atoms with Gasteiger partial charge >= 0.3 is 5.97 Å². The molecule has 1 amide bonds. The third-order valence-electron chi connectivity index (χ3n) is 4.05. The Morgan fingerprint density at radius 2 is 1.88 bits per heavy atom. The molecule has 1 aliphatic carbocycles. The van der Waals surface area contributed by atoms with Gasteiger partial charge in [-0.1, -0.05) is 19.8 Å². The number of carbonyl (C=O) groups excluding carboxylic acids is 1. The highest BCUT2D eigenvalue weighted by molar-refractivity contribution is 5.88. The van der Waals surface area contributed by atoms with E-state index in [0.717, 1.165) is 25.7 Å². The zero-order valence-electron chi connectivity index (χ0n) is 10.1. The van der Waals surface area contributed by atoms with E-state index in [9.17, 15) is 14.7 Å². The molecule has 5 heteroatoms. The van der Waals surface area contributed by atoms with Crippen molar-refractivity contribution >= 4 is 11.9 Å². The quantitative estimate of drug-likeness (QED) is 0.742. The van der Waals surface area contributed by atoms with Crippen LogP contribution in [0.5, 0.6) is 0 Å². The predicted molar refractivity (Wildman–Crippen MR) is 60.3 cm³/mol. The van der Waals surface area contributed by atoms with Crippen molar-refractivity contribution in [2.45, 2.75) is 51.2 Å². The molecule has 0 aromatic carbocycles. The lowest BCUT2D eigenvalue weighted by atomic mass is 9.87. The normalized spacial score (nSPS) is 31.8. The number of aliphatic hydroxyl groups is 1. The number of hydrogen-bond acceptors (Lipinski definition) is 3.